The molecule has 1 aliphatic rings. The van der Waals surface area contributed by atoms with E-state index in [9.17, 15) is 9.59 Å². The van der Waals surface area contributed by atoms with Gasteiger partial charge >= 0.3 is 5.97 Å². The summed E-state index contributed by atoms with van der Waals surface area (Å²) in [5.74, 6) is 0.860. The van der Waals surface area contributed by atoms with E-state index in [1.54, 1.807) is 30.3 Å². The molecule has 9 nitrogen and oxygen atoms in total. The van der Waals surface area contributed by atoms with Crippen molar-refractivity contribution in [2.45, 2.75) is 13.0 Å². The number of benzene rings is 2. The summed E-state index contributed by atoms with van der Waals surface area (Å²) in [6.07, 6.45) is 0.579. The number of hydrogen-bond acceptors (Lipinski definition) is 8. The number of hydrogen-bond donors (Lipinski definition) is 1. The number of fused-ring (bicyclic) bond motifs is 1. The van der Waals surface area contributed by atoms with Gasteiger partial charge in [-0.15, -0.1) is 0 Å². The highest BCUT2D eigenvalue weighted by molar-refractivity contribution is 5.86. The molecule has 0 aliphatic carbocycles. The SMILES string of the molecule is COc1cc(/C=N/NC(=O)C2COc3ccccc3O2)cc(OC)c1OC(C)=O. The molecule has 0 bridgehead atoms. The topological polar surface area (TPSA) is 105 Å². The summed E-state index contributed by atoms with van der Waals surface area (Å²) in [7, 11) is 2.87. The Kier molecular flexibility index (Phi) is 6.18. The van der Waals surface area contributed by atoms with Crippen LogP contribution in [-0.2, 0) is 9.59 Å². The molecule has 0 saturated carbocycles. The highest BCUT2D eigenvalue weighted by Crippen LogP contribution is 2.38. The van der Waals surface area contributed by atoms with Crippen LogP contribution in [0.2, 0.25) is 0 Å². The molecule has 3 rings (SSSR count). The second-order valence-corrected chi connectivity index (χ2v) is 5.95. The molecule has 152 valence electrons. The van der Waals surface area contributed by atoms with Gasteiger partial charge in [-0.3, -0.25) is 9.59 Å². The summed E-state index contributed by atoms with van der Waals surface area (Å²) >= 11 is 0. The first-order chi connectivity index (χ1) is 14.0. The highest BCUT2D eigenvalue weighted by atomic mass is 16.6. The van der Waals surface area contributed by atoms with Crippen LogP contribution in [-0.4, -0.2) is 45.0 Å². The molecule has 0 fully saturated rings. The van der Waals surface area contributed by atoms with Gasteiger partial charge in [-0.25, -0.2) is 5.43 Å². The summed E-state index contributed by atoms with van der Waals surface area (Å²) in [5, 5.41) is 3.94. The van der Waals surface area contributed by atoms with Crippen molar-refractivity contribution in [3.63, 3.8) is 0 Å². The highest BCUT2D eigenvalue weighted by Gasteiger charge is 2.27. The van der Waals surface area contributed by atoms with Crippen LogP contribution in [0.25, 0.3) is 0 Å². The zero-order valence-corrected chi connectivity index (χ0v) is 16.1. The fourth-order valence-corrected chi connectivity index (χ4v) is 2.61. The van der Waals surface area contributed by atoms with E-state index in [0.29, 0.717) is 17.1 Å². The maximum atomic E-state index is 12.3. The quantitative estimate of drug-likeness (QED) is 0.342. The van der Waals surface area contributed by atoms with Crippen molar-refractivity contribution in [1.29, 1.82) is 0 Å². The lowest BCUT2D eigenvalue weighted by Crippen LogP contribution is -2.42. The van der Waals surface area contributed by atoms with Gasteiger partial charge in [-0.1, -0.05) is 12.1 Å². The molecule has 0 spiro atoms. The number of nitrogens with zero attached hydrogens (tertiary/aromatic N) is 1. The monoisotopic (exact) mass is 400 g/mol. The lowest BCUT2D eigenvalue weighted by atomic mass is 10.2. The molecule has 0 aromatic heterocycles. The molecule has 2 aromatic carbocycles. The lowest BCUT2D eigenvalue weighted by molar-refractivity contribution is -0.132. The van der Waals surface area contributed by atoms with Crippen molar-refractivity contribution in [3.8, 4) is 28.7 Å². The van der Waals surface area contributed by atoms with E-state index in [-0.39, 0.29) is 23.9 Å². The summed E-state index contributed by atoms with van der Waals surface area (Å²) < 4.78 is 26.8. The summed E-state index contributed by atoms with van der Waals surface area (Å²) in [4.78, 5) is 23.6. The molecule has 1 unspecified atom stereocenters. The Morgan fingerprint density at radius 3 is 2.41 bits per heavy atom. The third kappa shape index (κ3) is 4.75. The van der Waals surface area contributed by atoms with Crippen LogP contribution in [0.5, 0.6) is 28.7 Å². The molecule has 1 amide bonds. The van der Waals surface area contributed by atoms with E-state index in [2.05, 4.69) is 10.5 Å². The van der Waals surface area contributed by atoms with Gasteiger partial charge in [0, 0.05) is 12.5 Å². The Bertz CT molecular complexity index is 917. The van der Waals surface area contributed by atoms with Crippen LogP contribution in [0.1, 0.15) is 12.5 Å². The molecule has 1 aliphatic heterocycles. The van der Waals surface area contributed by atoms with Crippen molar-refractivity contribution in [1.82, 2.24) is 5.43 Å². The van der Waals surface area contributed by atoms with Gasteiger partial charge in [0.25, 0.3) is 5.91 Å². The Morgan fingerprint density at radius 1 is 1.14 bits per heavy atom. The predicted molar refractivity (Wildman–Crippen MR) is 103 cm³/mol. The number of para-hydroxylation sites is 2. The second kappa shape index (κ2) is 8.96. The molecular weight excluding hydrogens is 380 g/mol. The van der Waals surface area contributed by atoms with E-state index in [1.807, 2.05) is 6.07 Å². The van der Waals surface area contributed by atoms with Gasteiger partial charge in [0.2, 0.25) is 11.9 Å². The zero-order valence-electron chi connectivity index (χ0n) is 16.1. The minimum atomic E-state index is -0.822. The van der Waals surface area contributed by atoms with Crippen molar-refractivity contribution < 1.29 is 33.3 Å². The first-order valence-corrected chi connectivity index (χ1v) is 8.67. The maximum absolute atomic E-state index is 12.3. The minimum Gasteiger partial charge on any atom is -0.493 e. The van der Waals surface area contributed by atoms with Crippen molar-refractivity contribution in [2.24, 2.45) is 5.10 Å². The Morgan fingerprint density at radius 2 is 1.79 bits per heavy atom. The Balaban J connectivity index is 1.68. The number of rotatable bonds is 6. The molecular formula is C20H20N2O7. The van der Waals surface area contributed by atoms with E-state index >= 15 is 0 Å². The van der Waals surface area contributed by atoms with E-state index < -0.39 is 18.0 Å². The van der Waals surface area contributed by atoms with Crippen molar-refractivity contribution in [3.05, 3.63) is 42.0 Å². The minimum absolute atomic E-state index is 0.0805. The van der Waals surface area contributed by atoms with E-state index in [1.165, 1.54) is 27.4 Å². The molecule has 0 radical (unpaired) electrons. The fraction of sp³-hybridized carbons (Fsp3) is 0.250. The van der Waals surface area contributed by atoms with Gasteiger partial charge in [0.05, 0.1) is 20.4 Å². The number of amides is 1. The number of methoxy groups -OCH3 is 2. The standard InChI is InChI=1S/C20H20N2O7/c1-12(23)28-19-16(25-2)8-13(9-17(19)26-3)10-21-22-20(24)18-11-27-14-6-4-5-7-15(14)29-18/h4-10,18H,11H2,1-3H3,(H,22,24)/b21-10+. The Hall–Kier alpha value is -3.75. The maximum Gasteiger partial charge on any atom is 0.308 e. The number of hydrazone groups is 1. The van der Waals surface area contributed by atoms with Gasteiger partial charge in [0.15, 0.2) is 23.0 Å². The van der Waals surface area contributed by atoms with Gasteiger partial charge in [0.1, 0.15) is 6.61 Å². The smallest absolute Gasteiger partial charge is 0.308 e. The Labute approximate surface area is 167 Å². The zero-order chi connectivity index (χ0) is 20.8. The first kappa shape index (κ1) is 20.0. The molecule has 2 aromatic rings. The number of carbonyl (C=O) groups is 2. The van der Waals surface area contributed by atoms with E-state index in [0.717, 1.165) is 0 Å². The van der Waals surface area contributed by atoms with Crippen LogP contribution in [0.15, 0.2) is 41.5 Å². The van der Waals surface area contributed by atoms with Crippen LogP contribution in [0.4, 0.5) is 0 Å². The van der Waals surface area contributed by atoms with E-state index in [4.69, 9.17) is 23.7 Å². The predicted octanol–water partition coefficient (Wildman–Crippen LogP) is 1.92. The summed E-state index contributed by atoms with van der Waals surface area (Å²) in [6, 6.07) is 10.3. The number of nitrogens with one attached hydrogen (secondary N) is 1. The molecule has 1 N–H and O–H groups in total. The van der Waals surface area contributed by atoms with Gasteiger partial charge in [-0.2, -0.15) is 5.10 Å². The van der Waals surface area contributed by atoms with Crippen molar-refractivity contribution in [2.75, 3.05) is 20.8 Å². The molecule has 0 saturated heterocycles. The molecule has 9 heteroatoms. The number of carbonyl (C=O) groups excluding carboxylic acids is 2. The van der Waals surface area contributed by atoms with Crippen LogP contribution in [0.3, 0.4) is 0 Å². The third-order valence-electron chi connectivity index (χ3n) is 3.92. The average molecular weight is 400 g/mol. The largest absolute Gasteiger partial charge is 0.493 e. The molecule has 1 atom stereocenters. The fourth-order valence-electron chi connectivity index (χ4n) is 2.61. The average Bonchev–Trinajstić information content (AvgIpc) is 2.73. The number of esters is 1. The number of ether oxygens (including phenoxy) is 5. The molecule has 1 heterocycles. The third-order valence-corrected chi connectivity index (χ3v) is 3.92. The normalized spacial score (nSPS) is 14.9. The molecule has 29 heavy (non-hydrogen) atoms. The van der Waals surface area contributed by atoms with Crippen LogP contribution in [0, 0.1) is 0 Å². The van der Waals surface area contributed by atoms with Crippen LogP contribution < -0.4 is 29.1 Å². The first-order valence-electron chi connectivity index (χ1n) is 8.67. The second-order valence-electron chi connectivity index (χ2n) is 5.95. The van der Waals surface area contributed by atoms with Crippen LogP contribution >= 0.6 is 0 Å². The summed E-state index contributed by atoms with van der Waals surface area (Å²) in [5.41, 5.74) is 2.97. The van der Waals surface area contributed by atoms with Crippen molar-refractivity contribution >= 4 is 18.1 Å². The van der Waals surface area contributed by atoms with Gasteiger partial charge in [-0.05, 0) is 24.3 Å². The summed E-state index contributed by atoms with van der Waals surface area (Å²) in [6.45, 7) is 1.36. The van der Waals surface area contributed by atoms with Gasteiger partial charge < -0.3 is 23.7 Å². The lowest BCUT2D eigenvalue weighted by Gasteiger charge is -2.24.